The fraction of sp³-hybridized carbons (Fsp3) is 0.727. The van der Waals surface area contributed by atoms with Crippen LogP contribution in [0, 0.1) is 0 Å². The zero-order valence-electron chi connectivity index (χ0n) is 16.3. The lowest BCUT2D eigenvalue weighted by molar-refractivity contribution is -0.0749. The first-order valence-corrected chi connectivity index (χ1v) is 10.3. The Morgan fingerprint density at radius 2 is 1.52 bits per heavy atom. The number of hydrogen-bond donors (Lipinski definition) is 1. The summed E-state index contributed by atoms with van der Waals surface area (Å²) in [6.07, 6.45) is 13.8. The van der Waals surface area contributed by atoms with E-state index in [0.717, 1.165) is 12.2 Å². The fourth-order valence-electron chi connectivity index (χ4n) is 3.00. The van der Waals surface area contributed by atoms with Crippen molar-refractivity contribution in [2.24, 2.45) is 0 Å². The van der Waals surface area contributed by atoms with Gasteiger partial charge in [0, 0.05) is 6.61 Å². The van der Waals surface area contributed by atoms with Crippen molar-refractivity contribution in [1.82, 2.24) is 0 Å². The van der Waals surface area contributed by atoms with Crippen LogP contribution in [0.25, 0.3) is 0 Å². The van der Waals surface area contributed by atoms with Gasteiger partial charge < -0.3 is 14.6 Å². The van der Waals surface area contributed by atoms with Gasteiger partial charge in [-0.2, -0.15) is 0 Å². The van der Waals surface area contributed by atoms with Gasteiger partial charge in [0.25, 0.3) is 0 Å². The van der Waals surface area contributed by atoms with Crippen LogP contribution in [-0.4, -0.2) is 24.6 Å². The molecule has 0 bridgehead atoms. The molecule has 1 atom stereocenters. The minimum atomic E-state index is -0.896. The molecule has 0 aromatic heterocycles. The van der Waals surface area contributed by atoms with Crippen LogP contribution in [0.3, 0.4) is 0 Å². The van der Waals surface area contributed by atoms with E-state index in [4.69, 9.17) is 9.47 Å². The van der Waals surface area contributed by atoms with Crippen molar-refractivity contribution in [2.75, 3.05) is 13.2 Å². The maximum absolute atomic E-state index is 9.74. The summed E-state index contributed by atoms with van der Waals surface area (Å²) in [4.78, 5) is 0. The minimum Gasteiger partial charge on any atom is -0.463 e. The van der Waals surface area contributed by atoms with E-state index in [1.54, 1.807) is 0 Å². The van der Waals surface area contributed by atoms with E-state index in [9.17, 15) is 5.11 Å². The lowest BCUT2D eigenvalue weighted by Crippen LogP contribution is -2.22. The van der Waals surface area contributed by atoms with Gasteiger partial charge in [-0.05, 0) is 37.5 Å². The maximum Gasteiger partial charge on any atom is 0.221 e. The third kappa shape index (κ3) is 12.0. The number of aryl methyl sites for hydroxylation is 1. The summed E-state index contributed by atoms with van der Waals surface area (Å²) in [6.45, 7) is 4.96. The fourth-order valence-corrected chi connectivity index (χ4v) is 3.00. The Morgan fingerprint density at radius 3 is 2.16 bits per heavy atom. The molecule has 0 radical (unpaired) electrons. The highest BCUT2D eigenvalue weighted by Crippen LogP contribution is 2.17. The molecule has 3 nitrogen and oxygen atoms in total. The summed E-state index contributed by atoms with van der Waals surface area (Å²) in [5.41, 5.74) is 1.28. The molecule has 1 rings (SSSR count). The molecular weight excluding hydrogens is 312 g/mol. The number of hydrogen-bond acceptors (Lipinski definition) is 3. The molecule has 144 valence electrons. The first-order chi connectivity index (χ1) is 12.3. The van der Waals surface area contributed by atoms with Crippen molar-refractivity contribution in [2.45, 2.75) is 90.8 Å². The molecule has 0 saturated carbocycles. The van der Waals surface area contributed by atoms with Crippen LogP contribution in [0.5, 0.6) is 5.75 Å². The Labute approximate surface area is 154 Å². The van der Waals surface area contributed by atoms with E-state index in [1.807, 2.05) is 25.1 Å². The van der Waals surface area contributed by atoms with E-state index in [0.29, 0.717) is 6.61 Å². The maximum atomic E-state index is 9.74. The van der Waals surface area contributed by atoms with E-state index >= 15 is 0 Å². The van der Waals surface area contributed by atoms with Crippen LogP contribution in [-0.2, 0) is 11.2 Å². The van der Waals surface area contributed by atoms with Gasteiger partial charge in [-0.25, -0.2) is 0 Å². The number of ether oxygens (including phenoxy) is 2. The first kappa shape index (κ1) is 22.0. The Kier molecular flexibility index (Phi) is 13.4. The van der Waals surface area contributed by atoms with Gasteiger partial charge >= 0.3 is 0 Å². The summed E-state index contributed by atoms with van der Waals surface area (Å²) in [5.74, 6) is 0.719. The Hall–Kier alpha value is -1.06. The number of benzene rings is 1. The Balaban J connectivity index is 2.09. The summed E-state index contributed by atoms with van der Waals surface area (Å²) in [5, 5.41) is 9.74. The van der Waals surface area contributed by atoms with Crippen LogP contribution in [0.1, 0.15) is 83.6 Å². The van der Waals surface area contributed by atoms with Crippen LogP contribution >= 0.6 is 0 Å². The van der Waals surface area contributed by atoms with Gasteiger partial charge in [-0.3, -0.25) is 0 Å². The van der Waals surface area contributed by atoms with Gasteiger partial charge in [0.1, 0.15) is 12.4 Å². The van der Waals surface area contributed by atoms with Crippen molar-refractivity contribution in [1.29, 1.82) is 0 Å². The second kappa shape index (κ2) is 15.2. The van der Waals surface area contributed by atoms with Crippen molar-refractivity contribution < 1.29 is 14.6 Å². The first-order valence-electron chi connectivity index (χ1n) is 10.3. The molecule has 3 heteroatoms. The molecule has 0 saturated heterocycles. The molecule has 1 N–H and O–H groups in total. The summed E-state index contributed by atoms with van der Waals surface area (Å²) >= 11 is 0. The van der Waals surface area contributed by atoms with E-state index in [-0.39, 0.29) is 6.61 Å². The predicted molar refractivity (Wildman–Crippen MR) is 105 cm³/mol. The monoisotopic (exact) mass is 350 g/mol. The molecule has 0 heterocycles. The number of aliphatic hydroxyl groups is 1. The normalized spacial score (nSPS) is 12.3. The van der Waals surface area contributed by atoms with Crippen molar-refractivity contribution in [3.05, 3.63) is 29.8 Å². The molecule has 1 unspecified atom stereocenters. The topological polar surface area (TPSA) is 38.7 Å². The van der Waals surface area contributed by atoms with Crippen molar-refractivity contribution >= 4 is 0 Å². The van der Waals surface area contributed by atoms with E-state index < -0.39 is 6.29 Å². The number of rotatable bonds is 16. The highest BCUT2D eigenvalue weighted by Gasteiger charge is 2.06. The van der Waals surface area contributed by atoms with Crippen LogP contribution in [0.15, 0.2) is 24.3 Å². The molecule has 0 aliphatic heterocycles. The summed E-state index contributed by atoms with van der Waals surface area (Å²) in [7, 11) is 0. The molecule has 25 heavy (non-hydrogen) atoms. The molecule has 0 fully saturated rings. The third-order valence-corrected chi connectivity index (χ3v) is 4.45. The predicted octanol–water partition coefficient (Wildman–Crippen LogP) is 5.88. The SMILES string of the molecule is CCCCCCCCCCCCc1cccc(OC(O)COCC)c1. The molecule has 0 aliphatic rings. The number of aliphatic hydroxyl groups excluding tert-OH is 1. The van der Waals surface area contributed by atoms with Gasteiger partial charge in [0.15, 0.2) is 0 Å². The second-order valence-corrected chi connectivity index (χ2v) is 6.81. The highest BCUT2D eigenvalue weighted by atomic mass is 16.6. The average Bonchev–Trinajstić information content (AvgIpc) is 2.62. The molecule has 1 aromatic carbocycles. The van der Waals surface area contributed by atoms with Crippen LogP contribution < -0.4 is 4.74 Å². The molecule has 1 aromatic rings. The smallest absolute Gasteiger partial charge is 0.221 e. The average molecular weight is 351 g/mol. The van der Waals surface area contributed by atoms with Crippen molar-refractivity contribution in [3.63, 3.8) is 0 Å². The van der Waals surface area contributed by atoms with Gasteiger partial charge in [-0.1, -0.05) is 76.8 Å². The Bertz CT molecular complexity index is 419. The quantitative estimate of drug-likeness (QED) is 0.299. The molecule has 0 spiro atoms. The minimum absolute atomic E-state index is 0.208. The molecule has 0 aliphatic carbocycles. The number of unbranched alkanes of at least 4 members (excludes halogenated alkanes) is 9. The third-order valence-electron chi connectivity index (χ3n) is 4.45. The largest absolute Gasteiger partial charge is 0.463 e. The zero-order valence-corrected chi connectivity index (χ0v) is 16.3. The lowest BCUT2D eigenvalue weighted by atomic mass is 10.0. The summed E-state index contributed by atoms with van der Waals surface area (Å²) in [6, 6.07) is 8.05. The van der Waals surface area contributed by atoms with Gasteiger partial charge in [-0.15, -0.1) is 0 Å². The van der Waals surface area contributed by atoms with Crippen molar-refractivity contribution in [3.8, 4) is 5.75 Å². The summed E-state index contributed by atoms with van der Waals surface area (Å²) < 4.78 is 10.6. The van der Waals surface area contributed by atoms with Crippen LogP contribution in [0.2, 0.25) is 0 Å². The highest BCUT2D eigenvalue weighted by molar-refractivity contribution is 5.28. The second-order valence-electron chi connectivity index (χ2n) is 6.81. The lowest BCUT2D eigenvalue weighted by Gasteiger charge is -2.14. The zero-order chi connectivity index (χ0) is 18.2. The standard InChI is InChI=1S/C22H38O3/c1-3-5-6-7-8-9-10-11-12-13-15-20-16-14-17-21(18-20)25-22(23)19-24-4-2/h14,16-18,22-23H,3-13,15,19H2,1-2H3. The molecular formula is C22H38O3. The Morgan fingerprint density at radius 1 is 0.880 bits per heavy atom. The van der Waals surface area contributed by atoms with Gasteiger partial charge in [0.2, 0.25) is 6.29 Å². The van der Waals surface area contributed by atoms with E-state index in [2.05, 4.69) is 13.0 Å². The van der Waals surface area contributed by atoms with E-state index in [1.165, 1.54) is 69.8 Å². The van der Waals surface area contributed by atoms with Crippen LogP contribution in [0.4, 0.5) is 0 Å². The molecule has 0 amide bonds. The van der Waals surface area contributed by atoms with Gasteiger partial charge in [0.05, 0.1) is 0 Å².